The molecule has 1 heterocycles. The molecular weight excluding hydrogens is 227 g/mol. The van der Waals surface area contributed by atoms with Gasteiger partial charge in [0, 0.05) is 17.3 Å². The van der Waals surface area contributed by atoms with E-state index in [0.29, 0.717) is 17.8 Å². The fraction of sp³-hybridized carbons (Fsp3) is 0.615. The highest BCUT2D eigenvalue weighted by Crippen LogP contribution is 2.41. The van der Waals surface area contributed by atoms with E-state index in [-0.39, 0.29) is 5.92 Å². The van der Waals surface area contributed by atoms with Gasteiger partial charge in [-0.3, -0.25) is 4.98 Å². The lowest BCUT2D eigenvalue weighted by Gasteiger charge is -2.10. The fourth-order valence-corrected chi connectivity index (χ4v) is 1.54. The minimum absolute atomic E-state index is 0.262. The van der Waals surface area contributed by atoms with E-state index < -0.39 is 11.7 Å². The van der Waals surface area contributed by atoms with E-state index >= 15 is 0 Å². The first-order chi connectivity index (χ1) is 8.00. The normalized spacial score (nSPS) is 15.2. The van der Waals surface area contributed by atoms with Gasteiger partial charge in [-0.25, -0.2) is 0 Å². The zero-order valence-electron chi connectivity index (χ0n) is 10.4. The van der Waals surface area contributed by atoms with Crippen LogP contribution in [0.15, 0.2) is 12.1 Å². The number of pyridine rings is 1. The third-order valence-corrected chi connectivity index (χ3v) is 2.58. The summed E-state index contributed by atoms with van der Waals surface area (Å²) in [6.07, 6.45) is -1.77. The maximum absolute atomic E-state index is 12.5. The molecule has 1 aromatic heterocycles. The first kappa shape index (κ1) is 14.0. The summed E-state index contributed by atoms with van der Waals surface area (Å²) in [4.78, 5) is 4.23. The van der Waals surface area contributed by atoms with Gasteiger partial charge in [-0.15, -0.1) is 0 Å². The van der Waals surface area contributed by atoms with Crippen LogP contribution in [0, 0.1) is 0 Å². The monoisotopic (exact) mass is 245 g/mol. The molecule has 0 unspecified atom stereocenters. The fourth-order valence-electron chi connectivity index (χ4n) is 1.54. The summed E-state index contributed by atoms with van der Waals surface area (Å²) >= 11 is 0. The van der Waals surface area contributed by atoms with Gasteiger partial charge in [-0.2, -0.15) is 13.2 Å². The van der Waals surface area contributed by atoms with E-state index in [1.54, 1.807) is 0 Å². The SMILES string of the molecule is CC.CCc1cc(C(F)(F)F)cc(C2CC2)n1. The highest BCUT2D eigenvalue weighted by molar-refractivity contribution is 5.28. The average molecular weight is 245 g/mol. The summed E-state index contributed by atoms with van der Waals surface area (Å²) in [5.41, 5.74) is 0.588. The van der Waals surface area contributed by atoms with Crippen molar-refractivity contribution in [1.82, 2.24) is 4.98 Å². The maximum Gasteiger partial charge on any atom is 0.416 e. The van der Waals surface area contributed by atoms with Gasteiger partial charge in [0.2, 0.25) is 0 Å². The Hall–Kier alpha value is -1.06. The molecule has 1 fully saturated rings. The molecule has 0 spiro atoms. The number of aromatic nitrogens is 1. The van der Waals surface area contributed by atoms with Gasteiger partial charge in [-0.05, 0) is 31.4 Å². The summed E-state index contributed by atoms with van der Waals surface area (Å²) in [6, 6.07) is 2.34. The highest BCUT2D eigenvalue weighted by atomic mass is 19.4. The van der Waals surface area contributed by atoms with Crippen LogP contribution in [0.3, 0.4) is 0 Å². The van der Waals surface area contributed by atoms with Gasteiger partial charge in [0.15, 0.2) is 0 Å². The molecule has 96 valence electrons. The van der Waals surface area contributed by atoms with Crippen LogP contribution >= 0.6 is 0 Å². The molecule has 0 bridgehead atoms. The molecule has 0 aromatic carbocycles. The van der Waals surface area contributed by atoms with Crippen LogP contribution in [0.25, 0.3) is 0 Å². The number of aryl methyl sites for hydroxylation is 1. The van der Waals surface area contributed by atoms with Crippen LogP contribution in [-0.4, -0.2) is 4.98 Å². The van der Waals surface area contributed by atoms with Gasteiger partial charge in [0.1, 0.15) is 0 Å². The molecule has 17 heavy (non-hydrogen) atoms. The molecule has 0 aliphatic heterocycles. The van der Waals surface area contributed by atoms with Gasteiger partial charge >= 0.3 is 6.18 Å². The van der Waals surface area contributed by atoms with Crippen molar-refractivity contribution in [3.05, 3.63) is 29.1 Å². The molecule has 0 atom stereocenters. The maximum atomic E-state index is 12.5. The lowest BCUT2D eigenvalue weighted by molar-refractivity contribution is -0.137. The van der Waals surface area contributed by atoms with Crippen molar-refractivity contribution < 1.29 is 13.2 Å². The highest BCUT2D eigenvalue weighted by Gasteiger charge is 2.33. The number of halogens is 3. The smallest absolute Gasteiger partial charge is 0.258 e. The average Bonchev–Trinajstić information content (AvgIpc) is 3.14. The largest absolute Gasteiger partial charge is 0.416 e. The van der Waals surface area contributed by atoms with Crippen LogP contribution in [0.2, 0.25) is 0 Å². The van der Waals surface area contributed by atoms with Crippen molar-refractivity contribution in [1.29, 1.82) is 0 Å². The van der Waals surface area contributed by atoms with E-state index in [1.165, 1.54) is 6.07 Å². The Morgan fingerprint density at radius 1 is 1.24 bits per heavy atom. The Labute approximate surface area is 100 Å². The van der Waals surface area contributed by atoms with Crippen LogP contribution in [0.4, 0.5) is 13.2 Å². The van der Waals surface area contributed by atoms with E-state index in [2.05, 4.69) is 4.98 Å². The molecule has 1 aliphatic carbocycles. The molecule has 1 saturated carbocycles. The summed E-state index contributed by atoms with van der Waals surface area (Å²) in [7, 11) is 0. The Balaban J connectivity index is 0.000000686. The number of alkyl halides is 3. The van der Waals surface area contributed by atoms with Gasteiger partial charge < -0.3 is 0 Å². The Bertz CT molecular complexity index is 367. The second-order valence-electron chi connectivity index (χ2n) is 3.90. The number of hydrogen-bond acceptors (Lipinski definition) is 1. The van der Waals surface area contributed by atoms with Gasteiger partial charge in [-0.1, -0.05) is 20.8 Å². The summed E-state index contributed by atoms with van der Waals surface area (Å²) < 4.78 is 37.6. The Morgan fingerprint density at radius 2 is 1.82 bits per heavy atom. The van der Waals surface area contributed by atoms with E-state index in [4.69, 9.17) is 0 Å². The number of hydrogen-bond donors (Lipinski definition) is 0. The number of nitrogens with zero attached hydrogens (tertiary/aromatic N) is 1. The van der Waals surface area contributed by atoms with Crippen molar-refractivity contribution in [2.75, 3.05) is 0 Å². The second kappa shape index (κ2) is 5.52. The minimum atomic E-state index is -4.25. The van der Waals surface area contributed by atoms with Crippen LogP contribution < -0.4 is 0 Å². The minimum Gasteiger partial charge on any atom is -0.258 e. The summed E-state index contributed by atoms with van der Waals surface area (Å²) in [6.45, 7) is 5.82. The molecule has 1 nitrogen and oxygen atoms in total. The molecule has 1 aliphatic rings. The van der Waals surface area contributed by atoms with E-state index in [0.717, 1.165) is 18.9 Å². The lowest BCUT2D eigenvalue weighted by atomic mass is 10.1. The predicted molar refractivity (Wildman–Crippen MR) is 61.9 cm³/mol. The van der Waals surface area contributed by atoms with Crippen molar-refractivity contribution >= 4 is 0 Å². The first-order valence-electron chi connectivity index (χ1n) is 6.08. The standard InChI is InChI=1S/C11H12F3N.C2H6/c1-2-9-5-8(11(12,13)14)6-10(15-9)7-3-4-7;1-2/h5-7H,2-4H2,1H3;1-2H3. The van der Waals surface area contributed by atoms with Crippen LogP contribution in [0.1, 0.15) is 56.5 Å². The van der Waals surface area contributed by atoms with Crippen molar-refractivity contribution in [3.63, 3.8) is 0 Å². The predicted octanol–water partition coefficient (Wildman–Crippen LogP) is 4.57. The van der Waals surface area contributed by atoms with E-state index in [9.17, 15) is 13.2 Å². The van der Waals surface area contributed by atoms with Crippen molar-refractivity contribution in [2.45, 2.75) is 52.1 Å². The molecule has 0 saturated heterocycles. The molecule has 0 amide bonds. The lowest BCUT2D eigenvalue weighted by Crippen LogP contribution is -2.08. The quantitative estimate of drug-likeness (QED) is 0.744. The third kappa shape index (κ3) is 3.72. The van der Waals surface area contributed by atoms with Crippen molar-refractivity contribution in [3.8, 4) is 0 Å². The molecule has 1 aromatic rings. The number of rotatable bonds is 2. The molecule has 0 N–H and O–H groups in total. The molecular formula is C13H18F3N. The first-order valence-corrected chi connectivity index (χ1v) is 6.08. The van der Waals surface area contributed by atoms with Crippen LogP contribution in [-0.2, 0) is 12.6 Å². The van der Waals surface area contributed by atoms with Crippen molar-refractivity contribution in [2.24, 2.45) is 0 Å². The zero-order valence-corrected chi connectivity index (χ0v) is 10.4. The second-order valence-corrected chi connectivity index (χ2v) is 3.90. The van der Waals surface area contributed by atoms with Gasteiger partial charge in [0.25, 0.3) is 0 Å². The van der Waals surface area contributed by atoms with Crippen LogP contribution in [0.5, 0.6) is 0 Å². The van der Waals surface area contributed by atoms with Gasteiger partial charge in [0.05, 0.1) is 5.56 Å². The molecule has 4 heteroatoms. The topological polar surface area (TPSA) is 12.9 Å². The zero-order chi connectivity index (χ0) is 13.1. The third-order valence-electron chi connectivity index (χ3n) is 2.58. The van der Waals surface area contributed by atoms with E-state index in [1.807, 2.05) is 20.8 Å². The Kier molecular flexibility index (Phi) is 4.54. The molecule has 2 rings (SSSR count). The Morgan fingerprint density at radius 3 is 2.24 bits per heavy atom. The summed E-state index contributed by atoms with van der Waals surface area (Å²) in [5.74, 6) is 0.262. The molecule has 0 radical (unpaired) electrons. The summed E-state index contributed by atoms with van der Waals surface area (Å²) in [5, 5.41) is 0.